The first-order valence-electron chi connectivity index (χ1n) is 8.56. The summed E-state index contributed by atoms with van der Waals surface area (Å²) in [5.74, 6) is 0.734. The van der Waals surface area contributed by atoms with E-state index < -0.39 is 10.0 Å². The molecule has 2 heterocycles. The van der Waals surface area contributed by atoms with E-state index in [1.807, 2.05) is 0 Å². The number of rotatable bonds is 5. The van der Waals surface area contributed by atoms with Gasteiger partial charge in [-0.25, -0.2) is 18.1 Å². The standard InChI is InChI=1S/C18H20N4O4S/c1-25-13-4-6-16(26-2)17(8-13)27(23,24)22-12-3-5-14-11(7-12)9-19-18-15(14)10-20-21-18/h4,6,8-10,12,22H,3,5,7H2,1-2H3,(H,19,20,21). The fraction of sp³-hybridized carbons (Fsp3) is 0.333. The Kier molecular flexibility index (Phi) is 4.48. The summed E-state index contributed by atoms with van der Waals surface area (Å²) in [7, 11) is -0.826. The third-order valence-corrected chi connectivity index (χ3v) is 6.41. The summed E-state index contributed by atoms with van der Waals surface area (Å²) >= 11 is 0. The van der Waals surface area contributed by atoms with Crippen LogP contribution in [-0.2, 0) is 22.9 Å². The lowest BCUT2D eigenvalue weighted by Crippen LogP contribution is -2.39. The summed E-state index contributed by atoms with van der Waals surface area (Å²) in [4.78, 5) is 4.43. The van der Waals surface area contributed by atoms with E-state index in [9.17, 15) is 8.42 Å². The van der Waals surface area contributed by atoms with Gasteiger partial charge in [0.05, 0.1) is 20.4 Å². The van der Waals surface area contributed by atoms with Crippen molar-refractivity contribution in [3.8, 4) is 11.5 Å². The maximum atomic E-state index is 13.0. The molecule has 0 saturated heterocycles. The smallest absolute Gasteiger partial charge is 0.244 e. The number of H-pyrrole nitrogens is 1. The number of nitrogens with one attached hydrogen (secondary N) is 2. The monoisotopic (exact) mass is 388 g/mol. The minimum absolute atomic E-state index is 0.0681. The van der Waals surface area contributed by atoms with Gasteiger partial charge in [0.1, 0.15) is 16.4 Å². The molecule has 0 amide bonds. The van der Waals surface area contributed by atoms with E-state index >= 15 is 0 Å². The summed E-state index contributed by atoms with van der Waals surface area (Å²) in [5, 5.41) is 7.91. The predicted molar refractivity (Wildman–Crippen MR) is 99.6 cm³/mol. The van der Waals surface area contributed by atoms with Crippen molar-refractivity contribution < 1.29 is 17.9 Å². The zero-order valence-corrected chi connectivity index (χ0v) is 15.8. The van der Waals surface area contributed by atoms with E-state index in [1.54, 1.807) is 24.5 Å². The number of hydrogen-bond acceptors (Lipinski definition) is 6. The van der Waals surface area contributed by atoms with Crippen LogP contribution < -0.4 is 14.2 Å². The van der Waals surface area contributed by atoms with Crippen molar-refractivity contribution in [1.82, 2.24) is 19.9 Å². The van der Waals surface area contributed by atoms with Crippen LogP contribution in [0.5, 0.6) is 11.5 Å². The summed E-state index contributed by atoms with van der Waals surface area (Å²) in [6, 6.07) is 4.50. The van der Waals surface area contributed by atoms with Crippen molar-refractivity contribution in [3.63, 3.8) is 0 Å². The number of fused-ring (bicyclic) bond motifs is 3. The molecule has 0 bridgehead atoms. The largest absolute Gasteiger partial charge is 0.497 e. The molecule has 1 aliphatic rings. The van der Waals surface area contributed by atoms with Gasteiger partial charge in [-0.05, 0) is 42.5 Å². The number of aryl methyl sites for hydroxylation is 1. The third-order valence-electron chi connectivity index (χ3n) is 4.87. The number of aromatic nitrogens is 3. The Hall–Kier alpha value is -2.65. The third kappa shape index (κ3) is 3.24. The van der Waals surface area contributed by atoms with Crippen LogP contribution in [0, 0.1) is 0 Å². The molecule has 2 aromatic heterocycles. The first-order chi connectivity index (χ1) is 13.0. The van der Waals surface area contributed by atoms with E-state index in [1.165, 1.54) is 25.8 Å². The van der Waals surface area contributed by atoms with Gasteiger partial charge in [0.15, 0.2) is 5.65 Å². The zero-order chi connectivity index (χ0) is 19.0. The summed E-state index contributed by atoms with van der Waals surface area (Å²) < 4.78 is 39.1. The number of pyridine rings is 1. The second kappa shape index (κ2) is 6.82. The van der Waals surface area contributed by atoms with Gasteiger partial charge < -0.3 is 9.47 Å². The van der Waals surface area contributed by atoms with Gasteiger partial charge in [0.2, 0.25) is 10.0 Å². The molecule has 1 aromatic carbocycles. The van der Waals surface area contributed by atoms with Crippen molar-refractivity contribution in [2.24, 2.45) is 0 Å². The van der Waals surface area contributed by atoms with Gasteiger partial charge in [-0.3, -0.25) is 5.10 Å². The first kappa shape index (κ1) is 17.7. The first-order valence-corrected chi connectivity index (χ1v) is 10.0. The summed E-state index contributed by atoms with van der Waals surface area (Å²) in [6.45, 7) is 0. The molecule has 142 valence electrons. The van der Waals surface area contributed by atoms with Crippen molar-refractivity contribution in [3.05, 3.63) is 41.7 Å². The van der Waals surface area contributed by atoms with Crippen LogP contribution in [0.4, 0.5) is 0 Å². The van der Waals surface area contributed by atoms with Crippen molar-refractivity contribution >= 4 is 21.1 Å². The highest BCUT2D eigenvalue weighted by atomic mass is 32.2. The van der Waals surface area contributed by atoms with Crippen LogP contribution >= 0.6 is 0 Å². The Balaban J connectivity index is 1.61. The Labute approximate surface area is 157 Å². The van der Waals surface area contributed by atoms with Crippen molar-refractivity contribution in [2.45, 2.75) is 30.2 Å². The molecule has 0 aliphatic heterocycles. The lowest BCUT2D eigenvalue weighted by atomic mass is 9.88. The predicted octanol–water partition coefficient (Wildman–Crippen LogP) is 1.81. The van der Waals surface area contributed by atoms with Gasteiger partial charge in [0.25, 0.3) is 0 Å². The minimum atomic E-state index is -3.76. The fourth-order valence-electron chi connectivity index (χ4n) is 3.53. The maximum absolute atomic E-state index is 13.0. The molecule has 8 nitrogen and oxygen atoms in total. The molecule has 4 rings (SSSR count). The molecule has 0 fully saturated rings. The summed E-state index contributed by atoms with van der Waals surface area (Å²) in [6.07, 6.45) is 5.60. The SMILES string of the molecule is COc1ccc(OC)c(S(=O)(=O)NC2CCc3c(cnc4[nH]ncc34)C2)c1. The second-order valence-electron chi connectivity index (χ2n) is 6.47. The van der Waals surface area contributed by atoms with E-state index in [0.29, 0.717) is 18.6 Å². The molecule has 0 spiro atoms. The van der Waals surface area contributed by atoms with E-state index in [0.717, 1.165) is 23.0 Å². The number of nitrogens with zero attached hydrogens (tertiary/aromatic N) is 2. The Morgan fingerprint density at radius 2 is 2.07 bits per heavy atom. The lowest BCUT2D eigenvalue weighted by Gasteiger charge is -2.25. The van der Waals surface area contributed by atoms with E-state index in [-0.39, 0.29) is 16.7 Å². The summed E-state index contributed by atoms with van der Waals surface area (Å²) in [5.41, 5.74) is 2.98. The number of benzene rings is 1. The quantitative estimate of drug-likeness (QED) is 0.690. The van der Waals surface area contributed by atoms with Crippen molar-refractivity contribution in [2.75, 3.05) is 14.2 Å². The Morgan fingerprint density at radius 1 is 1.22 bits per heavy atom. The lowest BCUT2D eigenvalue weighted by molar-refractivity contribution is 0.391. The molecule has 2 N–H and O–H groups in total. The van der Waals surface area contributed by atoms with E-state index in [4.69, 9.17) is 9.47 Å². The highest BCUT2D eigenvalue weighted by molar-refractivity contribution is 7.89. The van der Waals surface area contributed by atoms with Crippen molar-refractivity contribution in [1.29, 1.82) is 0 Å². The Bertz CT molecular complexity index is 1090. The number of hydrogen-bond donors (Lipinski definition) is 2. The average molecular weight is 388 g/mol. The number of methoxy groups -OCH3 is 2. The molecule has 0 saturated carbocycles. The van der Waals surface area contributed by atoms with Gasteiger partial charge in [-0.15, -0.1) is 0 Å². The maximum Gasteiger partial charge on any atom is 0.244 e. The topological polar surface area (TPSA) is 106 Å². The molecule has 1 atom stereocenters. The normalized spacial score (nSPS) is 16.9. The van der Waals surface area contributed by atoms with Crippen LogP contribution in [0.15, 0.2) is 35.5 Å². The van der Waals surface area contributed by atoms with Gasteiger partial charge >= 0.3 is 0 Å². The molecule has 9 heteroatoms. The van der Waals surface area contributed by atoms with Crippen LogP contribution in [0.1, 0.15) is 17.5 Å². The number of sulfonamides is 1. The Morgan fingerprint density at radius 3 is 2.85 bits per heavy atom. The molecular formula is C18H20N4O4S. The number of ether oxygens (including phenoxy) is 2. The second-order valence-corrected chi connectivity index (χ2v) is 8.15. The van der Waals surface area contributed by atoms with Gasteiger partial charge in [0, 0.05) is 23.7 Å². The van der Waals surface area contributed by atoms with Crippen LogP contribution in [0.25, 0.3) is 11.0 Å². The van der Waals surface area contributed by atoms with Crippen LogP contribution in [0.3, 0.4) is 0 Å². The van der Waals surface area contributed by atoms with E-state index in [2.05, 4.69) is 19.9 Å². The zero-order valence-electron chi connectivity index (χ0n) is 15.0. The molecule has 3 aromatic rings. The highest BCUT2D eigenvalue weighted by Gasteiger charge is 2.28. The molecule has 1 unspecified atom stereocenters. The molecular weight excluding hydrogens is 368 g/mol. The van der Waals surface area contributed by atoms with Gasteiger partial charge in [-0.2, -0.15) is 5.10 Å². The average Bonchev–Trinajstić information content (AvgIpc) is 3.16. The van der Waals surface area contributed by atoms with Gasteiger partial charge in [-0.1, -0.05) is 0 Å². The number of aromatic amines is 1. The highest BCUT2D eigenvalue weighted by Crippen LogP contribution is 2.30. The fourth-order valence-corrected chi connectivity index (χ4v) is 4.98. The molecule has 1 aliphatic carbocycles. The van der Waals surface area contributed by atoms with Crippen LogP contribution in [0.2, 0.25) is 0 Å². The molecule has 27 heavy (non-hydrogen) atoms. The minimum Gasteiger partial charge on any atom is -0.497 e. The molecule has 0 radical (unpaired) electrons. The van der Waals surface area contributed by atoms with Crippen LogP contribution in [-0.4, -0.2) is 43.9 Å².